The Bertz CT molecular complexity index is 428. The Morgan fingerprint density at radius 2 is 2.56 bits per heavy atom. The topological polar surface area (TPSA) is 57.8 Å². The summed E-state index contributed by atoms with van der Waals surface area (Å²) >= 11 is 4.02. The van der Waals surface area contributed by atoms with E-state index in [1.807, 2.05) is 34.4 Å². The first-order valence-electron chi connectivity index (χ1n) is 5.22. The molecular formula is C10H14IN3OS. The number of rotatable bonds is 3. The SMILES string of the molecule is CC1(CNc2nc[nH]c(=O)c2I)CCCS1. The summed E-state index contributed by atoms with van der Waals surface area (Å²) in [5, 5.41) is 3.28. The number of aromatic amines is 1. The summed E-state index contributed by atoms with van der Waals surface area (Å²) in [4.78, 5) is 18.1. The van der Waals surface area contributed by atoms with Crippen molar-refractivity contribution >= 4 is 40.2 Å². The first-order valence-corrected chi connectivity index (χ1v) is 7.28. The van der Waals surface area contributed by atoms with Gasteiger partial charge in [0.1, 0.15) is 9.39 Å². The molecule has 1 aromatic heterocycles. The quantitative estimate of drug-likeness (QED) is 0.819. The lowest BCUT2D eigenvalue weighted by atomic mass is 10.1. The Hall–Kier alpha value is -0.240. The molecule has 0 aromatic carbocycles. The van der Waals surface area contributed by atoms with Crippen molar-refractivity contribution in [3.05, 3.63) is 20.3 Å². The van der Waals surface area contributed by atoms with Crippen molar-refractivity contribution < 1.29 is 0 Å². The van der Waals surface area contributed by atoms with Gasteiger partial charge in [0.2, 0.25) is 0 Å². The number of H-pyrrole nitrogens is 1. The van der Waals surface area contributed by atoms with E-state index in [0.717, 1.165) is 6.54 Å². The molecule has 2 N–H and O–H groups in total. The molecule has 1 saturated heterocycles. The van der Waals surface area contributed by atoms with Crippen LogP contribution in [0.2, 0.25) is 0 Å². The third-order valence-electron chi connectivity index (χ3n) is 2.73. The highest BCUT2D eigenvalue weighted by Crippen LogP contribution is 2.37. The molecule has 16 heavy (non-hydrogen) atoms. The van der Waals surface area contributed by atoms with E-state index in [4.69, 9.17) is 0 Å². The summed E-state index contributed by atoms with van der Waals surface area (Å²) in [6, 6.07) is 0. The summed E-state index contributed by atoms with van der Waals surface area (Å²) in [6.07, 6.45) is 3.95. The largest absolute Gasteiger partial charge is 0.368 e. The van der Waals surface area contributed by atoms with Gasteiger partial charge in [-0.25, -0.2) is 4.98 Å². The molecule has 0 aliphatic carbocycles. The molecule has 1 fully saturated rings. The number of aromatic nitrogens is 2. The van der Waals surface area contributed by atoms with Crippen LogP contribution in [0.15, 0.2) is 11.1 Å². The van der Waals surface area contributed by atoms with Crippen LogP contribution in [-0.2, 0) is 0 Å². The molecule has 1 aliphatic rings. The lowest BCUT2D eigenvalue weighted by Gasteiger charge is -2.23. The van der Waals surface area contributed by atoms with Crippen molar-refractivity contribution in [2.24, 2.45) is 0 Å². The Morgan fingerprint density at radius 1 is 1.75 bits per heavy atom. The van der Waals surface area contributed by atoms with Crippen molar-refractivity contribution in [2.75, 3.05) is 17.6 Å². The van der Waals surface area contributed by atoms with Crippen LogP contribution in [0.5, 0.6) is 0 Å². The van der Waals surface area contributed by atoms with Crippen LogP contribution >= 0.6 is 34.4 Å². The molecule has 4 nitrogen and oxygen atoms in total. The van der Waals surface area contributed by atoms with Gasteiger partial charge in [0, 0.05) is 11.3 Å². The summed E-state index contributed by atoms with van der Waals surface area (Å²) in [6.45, 7) is 3.13. The Kier molecular flexibility index (Phi) is 3.78. The van der Waals surface area contributed by atoms with E-state index in [2.05, 4.69) is 22.2 Å². The maximum Gasteiger partial charge on any atom is 0.266 e. The molecule has 1 aromatic rings. The van der Waals surface area contributed by atoms with Crippen molar-refractivity contribution in [1.29, 1.82) is 0 Å². The lowest BCUT2D eigenvalue weighted by Crippen LogP contribution is -2.28. The summed E-state index contributed by atoms with van der Waals surface area (Å²) < 4.78 is 0.916. The molecular weight excluding hydrogens is 337 g/mol. The van der Waals surface area contributed by atoms with Crippen LogP contribution in [-0.4, -0.2) is 27.0 Å². The third-order valence-corrected chi connectivity index (χ3v) is 5.27. The van der Waals surface area contributed by atoms with Crippen LogP contribution in [0.1, 0.15) is 19.8 Å². The first-order chi connectivity index (χ1) is 7.61. The minimum absolute atomic E-state index is 0.0812. The van der Waals surface area contributed by atoms with Crippen LogP contribution in [0, 0.1) is 3.57 Å². The van der Waals surface area contributed by atoms with Crippen LogP contribution in [0.25, 0.3) is 0 Å². The highest BCUT2D eigenvalue weighted by atomic mass is 127. The molecule has 1 unspecified atom stereocenters. The van der Waals surface area contributed by atoms with Gasteiger partial charge < -0.3 is 10.3 Å². The Labute approximate surface area is 112 Å². The predicted molar refractivity (Wildman–Crippen MR) is 76.2 cm³/mol. The number of thioether (sulfide) groups is 1. The molecule has 0 saturated carbocycles. The fraction of sp³-hybridized carbons (Fsp3) is 0.600. The third kappa shape index (κ3) is 2.71. The minimum Gasteiger partial charge on any atom is -0.368 e. The molecule has 2 heterocycles. The van der Waals surface area contributed by atoms with E-state index in [0.29, 0.717) is 9.39 Å². The maximum absolute atomic E-state index is 11.4. The molecule has 0 spiro atoms. The fourth-order valence-electron chi connectivity index (χ4n) is 1.75. The van der Waals surface area contributed by atoms with Gasteiger partial charge in [-0.2, -0.15) is 11.8 Å². The Balaban J connectivity index is 2.04. The molecule has 0 radical (unpaired) electrons. The molecule has 1 atom stereocenters. The van der Waals surface area contributed by atoms with Crippen molar-refractivity contribution in [3.63, 3.8) is 0 Å². The van der Waals surface area contributed by atoms with E-state index in [1.54, 1.807) is 0 Å². The zero-order chi connectivity index (χ0) is 11.6. The van der Waals surface area contributed by atoms with Gasteiger partial charge in [0.25, 0.3) is 5.56 Å². The minimum atomic E-state index is -0.0812. The first kappa shape index (κ1) is 12.2. The van der Waals surface area contributed by atoms with Crippen LogP contribution in [0.4, 0.5) is 5.82 Å². The normalized spacial score (nSPS) is 24.6. The van der Waals surface area contributed by atoms with Gasteiger partial charge in [-0.05, 0) is 48.1 Å². The van der Waals surface area contributed by atoms with Crippen molar-refractivity contribution in [3.8, 4) is 0 Å². The van der Waals surface area contributed by atoms with E-state index in [9.17, 15) is 4.79 Å². The standard InChI is InChI=1S/C10H14IN3OS/c1-10(3-2-4-16-10)5-12-8-7(11)9(15)14-6-13-8/h6H,2-5H2,1H3,(H2,12,13,14,15). The lowest BCUT2D eigenvalue weighted by molar-refractivity contribution is 0.633. The predicted octanol–water partition coefficient (Wildman–Crippen LogP) is 2.07. The average molecular weight is 351 g/mol. The van der Waals surface area contributed by atoms with E-state index < -0.39 is 0 Å². The molecule has 1 aliphatic heterocycles. The van der Waals surface area contributed by atoms with Gasteiger partial charge in [-0.15, -0.1) is 0 Å². The second-order valence-electron chi connectivity index (χ2n) is 4.15. The zero-order valence-electron chi connectivity index (χ0n) is 9.05. The van der Waals surface area contributed by atoms with Crippen molar-refractivity contribution in [1.82, 2.24) is 9.97 Å². The highest BCUT2D eigenvalue weighted by Gasteiger charge is 2.29. The molecule has 2 rings (SSSR count). The van der Waals surface area contributed by atoms with E-state index in [-0.39, 0.29) is 10.3 Å². The average Bonchev–Trinajstić information content (AvgIpc) is 2.68. The van der Waals surface area contributed by atoms with Gasteiger partial charge in [0.05, 0.1) is 6.33 Å². The van der Waals surface area contributed by atoms with Crippen LogP contribution in [0.3, 0.4) is 0 Å². The monoisotopic (exact) mass is 351 g/mol. The van der Waals surface area contributed by atoms with Crippen molar-refractivity contribution in [2.45, 2.75) is 24.5 Å². The number of hydrogen-bond acceptors (Lipinski definition) is 4. The number of nitrogens with one attached hydrogen (secondary N) is 2. The molecule has 6 heteroatoms. The van der Waals surface area contributed by atoms with Crippen LogP contribution < -0.4 is 10.9 Å². The Morgan fingerprint density at radius 3 is 3.25 bits per heavy atom. The molecule has 0 bridgehead atoms. The van der Waals surface area contributed by atoms with Gasteiger partial charge in [-0.3, -0.25) is 4.79 Å². The summed E-state index contributed by atoms with van der Waals surface area (Å²) in [5.41, 5.74) is -0.0812. The molecule has 88 valence electrons. The van der Waals surface area contributed by atoms with E-state index >= 15 is 0 Å². The summed E-state index contributed by atoms with van der Waals surface area (Å²) in [7, 11) is 0. The molecule has 0 amide bonds. The number of hydrogen-bond donors (Lipinski definition) is 2. The van der Waals surface area contributed by atoms with Gasteiger partial charge in [-0.1, -0.05) is 0 Å². The zero-order valence-corrected chi connectivity index (χ0v) is 12.0. The number of halogens is 1. The smallest absolute Gasteiger partial charge is 0.266 e. The number of nitrogens with zero attached hydrogens (tertiary/aromatic N) is 1. The second-order valence-corrected chi connectivity index (χ2v) is 6.91. The van der Waals surface area contributed by atoms with Gasteiger partial charge in [0.15, 0.2) is 0 Å². The maximum atomic E-state index is 11.4. The summed E-state index contributed by atoms with van der Waals surface area (Å²) in [5.74, 6) is 1.93. The highest BCUT2D eigenvalue weighted by molar-refractivity contribution is 14.1. The van der Waals surface area contributed by atoms with Gasteiger partial charge >= 0.3 is 0 Å². The van der Waals surface area contributed by atoms with E-state index in [1.165, 1.54) is 24.9 Å². The fourth-order valence-corrected chi connectivity index (χ4v) is 3.48. The number of anilines is 1. The second kappa shape index (κ2) is 4.95.